The van der Waals surface area contributed by atoms with E-state index in [1.54, 1.807) is 7.11 Å². The van der Waals surface area contributed by atoms with Crippen molar-refractivity contribution in [2.75, 3.05) is 7.11 Å². The molecule has 3 aromatic rings. The highest BCUT2D eigenvalue weighted by molar-refractivity contribution is 7.19. The van der Waals surface area contributed by atoms with Gasteiger partial charge in [0.15, 0.2) is 4.96 Å². The summed E-state index contributed by atoms with van der Waals surface area (Å²) in [5, 5.41) is 3.00. The Balaban J connectivity index is 1.94. The molecule has 6 heteroatoms. The Hall–Kier alpha value is -2.34. The lowest BCUT2D eigenvalue weighted by atomic mass is 10.1. The number of nitrogens with one attached hydrogen (secondary N) is 1. The summed E-state index contributed by atoms with van der Waals surface area (Å²) in [5.74, 6) is 0.763. The number of fused-ring (bicyclic) bond motifs is 1. The lowest BCUT2D eigenvalue weighted by Crippen LogP contribution is -2.40. The monoisotopic (exact) mass is 343 g/mol. The third-order valence-electron chi connectivity index (χ3n) is 3.64. The minimum atomic E-state index is -0.260. The van der Waals surface area contributed by atoms with E-state index in [1.807, 2.05) is 62.6 Å². The summed E-state index contributed by atoms with van der Waals surface area (Å²) < 4.78 is 7.16. The van der Waals surface area contributed by atoms with Crippen LogP contribution in [0.25, 0.3) is 16.2 Å². The third-order valence-corrected chi connectivity index (χ3v) is 4.79. The van der Waals surface area contributed by atoms with Crippen LogP contribution < -0.4 is 10.1 Å². The summed E-state index contributed by atoms with van der Waals surface area (Å²) >= 11 is 1.41. The minimum Gasteiger partial charge on any atom is -0.497 e. The largest absolute Gasteiger partial charge is 0.497 e. The van der Waals surface area contributed by atoms with Crippen molar-refractivity contribution in [3.63, 3.8) is 0 Å². The van der Waals surface area contributed by atoms with E-state index >= 15 is 0 Å². The van der Waals surface area contributed by atoms with E-state index in [-0.39, 0.29) is 11.4 Å². The van der Waals surface area contributed by atoms with Gasteiger partial charge in [0, 0.05) is 23.0 Å². The van der Waals surface area contributed by atoms with Crippen LogP contribution in [-0.4, -0.2) is 27.9 Å². The molecular weight excluding hydrogens is 322 g/mol. The fourth-order valence-electron chi connectivity index (χ4n) is 2.46. The van der Waals surface area contributed by atoms with Gasteiger partial charge in [0.05, 0.1) is 12.8 Å². The van der Waals surface area contributed by atoms with Crippen LogP contribution in [0.1, 0.15) is 36.1 Å². The molecule has 0 saturated carbocycles. The van der Waals surface area contributed by atoms with Crippen LogP contribution in [-0.2, 0) is 0 Å². The van der Waals surface area contributed by atoms with E-state index < -0.39 is 0 Å². The molecule has 0 aliphatic heterocycles. The van der Waals surface area contributed by atoms with Crippen molar-refractivity contribution in [2.24, 2.45) is 0 Å². The zero-order valence-corrected chi connectivity index (χ0v) is 15.3. The molecule has 2 heterocycles. The Morgan fingerprint density at radius 2 is 1.92 bits per heavy atom. The average molecular weight is 343 g/mol. The van der Waals surface area contributed by atoms with Gasteiger partial charge in [-0.1, -0.05) is 11.3 Å². The smallest absolute Gasteiger partial charge is 0.263 e. The van der Waals surface area contributed by atoms with Crippen molar-refractivity contribution in [1.29, 1.82) is 0 Å². The van der Waals surface area contributed by atoms with E-state index in [0.29, 0.717) is 4.88 Å². The van der Waals surface area contributed by atoms with Gasteiger partial charge in [0.25, 0.3) is 5.91 Å². The van der Waals surface area contributed by atoms with Crippen molar-refractivity contribution < 1.29 is 9.53 Å². The van der Waals surface area contributed by atoms with Gasteiger partial charge in [0.1, 0.15) is 10.6 Å². The average Bonchev–Trinajstić information content (AvgIpc) is 3.06. The highest BCUT2D eigenvalue weighted by atomic mass is 32.1. The lowest BCUT2D eigenvalue weighted by molar-refractivity contribution is 0.0923. The molecule has 0 aliphatic rings. The molecule has 0 unspecified atom stereocenters. The number of benzene rings is 1. The minimum absolute atomic E-state index is 0.0542. The molecule has 24 heavy (non-hydrogen) atoms. The van der Waals surface area contributed by atoms with Gasteiger partial charge in [-0.25, -0.2) is 4.98 Å². The van der Waals surface area contributed by atoms with E-state index in [9.17, 15) is 4.79 Å². The van der Waals surface area contributed by atoms with Crippen molar-refractivity contribution >= 4 is 22.2 Å². The molecule has 1 amide bonds. The molecule has 0 aliphatic carbocycles. The van der Waals surface area contributed by atoms with Crippen LogP contribution in [0.15, 0.2) is 30.5 Å². The Kier molecular flexibility index (Phi) is 4.09. The maximum atomic E-state index is 12.4. The van der Waals surface area contributed by atoms with Crippen LogP contribution in [0.4, 0.5) is 0 Å². The normalized spacial score (nSPS) is 11.7. The second-order valence-electron chi connectivity index (χ2n) is 6.73. The molecule has 0 bridgehead atoms. The number of methoxy groups -OCH3 is 1. The molecule has 0 atom stereocenters. The second-order valence-corrected chi connectivity index (χ2v) is 7.71. The van der Waals surface area contributed by atoms with Gasteiger partial charge in [-0.15, -0.1) is 0 Å². The number of hydrogen-bond donors (Lipinski definition) is 1. The summed E-state index contributed by atoms with van der Waals surface area (Å²) in [6.07, 6.45) is 1.97. The Morgan fingerprint density at radius 3 is 2.46 bits per heavy atom. The Morgan fingerprint density at radius 1 is 1.25 bits per heavy atom. The highest BCUT2D eigenvalue weighted by Crippen LogP contribution is 2.28. The standard InChI is InChI=1S/C18H21N3O2S/c1-11-15(16(22)20-18(2,3)4)24-17-19-14(10-21(11)17)12-6-8-13(23-5)9-7-12/h6-10H,1-5H3,(H,20,22). The van der Waals surface area contributed by atoms with E-state index in [4.69, 9.17) is 4.74 Å². The van der Waals surface area contributed by atoms with Crippen LogP contribution in [0.3, 0.4) is 0 Å². The van der Waals surface area contributed by atoms with Gasteiger partial charge < -0.3 is 10.1 Å². The van der Waals surface area contributed by atoms with Crippen LogP contribution in [0, 0.1) is 6.92 Å². The zero-order valence-electron chi connectivity index (χ0n) is 14.5. The predicted molar refractivity (Wildman–Crippen MR) is 97.0 cm³/mol. The molecule has 0 fully saturated rings. The molecule has 0 radical (unpaired) electrons. The molecule has 2 aromatic heterocycles. The lowest BCUT2D eigenvalue weighted by Gasteiger charge is -2.20. The summed E-state index contributed by atoms with van der Waals surface area (Å²) in [6, 6.07) is 7.79. The SMILES string of the molecule is COc1ccc(-c2cn3c(C)c(C(=O)NC(C)(C)C)sc3n2)cc1. The van der Waals surface area contributed by atoms with Crippen molar-refractivity contribution in [2.45, 2.75) is 33.2 Å². The molecule has 1 N–H and O–H groups in total. The molecule has 0 spiro atoms. The molecule has 126 valence electrons. The first kappa shape index (κ1) is 16.5. The van der Waals surface area contributed by atoms with Gasteiger partial charge in [0.2, 0.25) is 0 Å². The maximum Gasteiger partial charge on any atom is 0.263 e. The second kappa shape index (κ2) is 5.94. The molecule has 1 aromatic carbocycles. The summed E-state index contributed by atoms with van der Waals surface area (Å²) in [4.78, 5) is 18.6. The molecule has 3 rings (SSSR count). The third kappa shape index (κ3) is 3.14. The summed E-state index contributed by atoms with van der Waals surface area (Å²) in [7, 11) is 1.65. The molecule has 0 saturated heterocycles. The number of rotatable bonds is 3. The van der Waals surface area contributed by atoms with Gasteiger partial charge in [-0.2, -0.15) is 0 Å². The zero-order chi connectivity index (χ0) is 17.5. The molecule has 5 nitrogen and oxygen atoms in total. The van der Waals surface area contributed by atoms with E-state index in [1.165, 1.54) is 11.3 Å². The maximum absolute atomic E-state index is 12.4. The van der Waals surface area contributed by atoms with Crippen molar-refractivity contribution in [1.82, 2.24) is 14.7 Å². The fourth-order valence-corrected chi connectivity index (χ4v) is 3.46. The summed E-state index contributed by atoms with van der Waals surface area (Å²) in [5.41, 5.74) is 2.55. The Bertz CT molecular complexity index is 886. The van der Waals surface area contributed by atoms with Crippen LogP contribution in [0.2, 0.25) is 0 Å². The number of hydrogen-bond acceptors (Lipinski definition) is 4. The number of aryl methyl sites for hydroxylation is 1. The Labute approximate surface area is 145 Å². The number of thiazole rings is 1. The number of carbonyl (C=O) groups excluding carboxylic acids is 1. The first-order chi connectivity index (χ1) is 11.3. The predicted octanol–water partition coefficient (Wildman–Crippen LogP) is 3.91. The first-order valence-electron chi connectivity index (χ1n) is 7.74. The number of ether oxygens (including phenoxy) is 1. The van der Waals surface area contributed by atoms with Crippen molar-refractivity contribution in [3.05, 3.63) is 41.0 Å². The summed E-state index contributed by atoms with van der Waals surface area (Å²) in [6.45, 7) is 7.86. The number of carbonyl (C=O) groups is 1. The number of aromatic nitrogens is 2. The number of amides is 1. The van der Waals surface area contributed by atoms with Crippen LogP contribution >= 0.6 is 11.3 Å². The van der Waals surface area contributed by atoms with E-state index in [0.717, 1.165) is 27.7 Å². The quantitative estimate of drug-likeness (QED) is 0.784. The van der Waals surface area contributed by atoms with Crippen molar-refractivity contribution in [3.8, 4) is 17.0 Å². The van der Waals surface area contributed by atoms with E-state index in [2.05, 4.69) is 10.3 Å². The van der Waals surface area contributed by atoms with Crippen LogP contribution in [0.5, 0.6) is 5.75 Å². The topological polar surface area (TPSA) is 55.6 Å². The highest BCUT2D eigenvalue weighted by Gasteiger charge is 2.21. The fraction of sp³-hybridized carbons (Fsp3) is 0.333. The van der Waals surface area contributed by atoms with Gasteiger partial charge in [-0.3, -0.25) is 9.20 Å². The van der Waals surface area contributed by atoms with Gasteiger partial charge in [-0.05, 0) is 52.0 Å². The molecular formula is C18H21N3O2S. The van der Waals surface area contributed by atoms with Gasteiger partial charge >= 0.3 is 0 Å². The number of nitrogens with zero attached hydrogens (tertiary/aromatic N) is 2. The first-order valence-corrected chi connectivity index (χ1v) is 8.55. The number of imidazole rings is 1.